The van der Waals surface area contributed by atoms with Crippen LogP contribution in [-0.2, 0) is 11.2 Å². The average Bonchev–Trinajstić information content (AvgIpc) is 2.95. The zero-order valence-corrected chi connectivity index (χ0v) is 12.8. The number of carbonyl (C=O) groups is 1. The monoisotopic (exact) mass is 347 g/mol. The number of fused-ring (bicyclic) bond motifs is 3. The Morgan fingerprint density at radius 1 is 1.36 bits per heavy atom. The molecule has 0 aliphatic carbocycles. The third-order valence-electron chi connectivity index (χ3n) is 3.55. The predicted molar refractivity (Wildman–Crippen MR) is 83.5 cm³/mol. The molecule has 128 valence electrons. The number of aromatic amines is 1. The molecule has 0 fully saturated rings. The Labute approximate surface area is 139 Å². The molecule has 0 saturated heterocycles. The molecule has 1 aromatic carbocycles. The number of hydrogen-bond donors (Lipinski definition) is 2. The van der Waals surface area contributed by atoms with Gasteiger partial charge in [-0.15, -0.1) is 0 Å². The standard InChI is InChI=1S/C16H12F3N5O/c17-16(18,19)3-4-21-14(25)6-13-23-12-8-22-11-2-1-9(7-20)5-10(11)15(12)24-13/h1-2,5,8H,3-4,6H2,(H,21,25)(H,23,24). The molecule has 0 atom stereocenters. The van der Waals surface area contributed by atoms with Crippen LogP contribution in [0.3, 0.4) is 0 Å². The van der Waals surface area contributed by atoms with Crippen molar-refractivity contribution < 1.29 is 18.0 Å². The Balaban J connectivity index is 1.80. The molecule has 2 N–H and O–H groups in total. The molecule has 0 aliphatic rings. The highest BCUT2D eigenvalue weighted by Crippen LogP contribution is 2.23. The number of benzene rings is 1. The lowest BCUT2D eigenvalue weighted by molar-refractivity contribution is -0.135. The van der Waals surface area contributed by atoms with Crippen LogP contribution in [0.1, 0.15) is 17.8 Å². The fourth-order valence-electron chi connectivity index (χ4n) is 2.42. The van der Waals surface area contributed by atoms with E-state index in [0.29, 0.717) is 33.3 Å². The molecule has 0 bridgehead atoms. The maximum atomic E-state index is 12.1. The summed E-state index contributed by atoms with van der Waals surface area (Å²) < 4.78 is 36.2. The molecule has 3 rings (SSSR count). The summed E-state index contributed by atoms with van der Waals surface area (Å²) in [7, 11) is 0. The van der Waals surface area contributed by atoms with Crippen molar-refractivity contribution in [3.05, 3.63) is 35.8 Å². The SMILES string of the molecule is N#Cc1ccc2ncc3[nH]c(CC(=O)NCCC(F)(F)F)nc3c2c1. The summed E-state index contributed by atoms with van der Waals surface area (Å²) in [6.45, 7) is -0.474. The number of hydrogen-bond acceptors (Lipinski definition) is 4. The third kappa shape index (κ3) is 3.85. The second-order valence-corrected chi connectivity index (χ2v) is 5.44. The molecule has 25 heavy (non-hydrogen) atoms. The van der Waals surface area contributed by atoms with Crippen LogP contribution < -0.4 is 5.32 Å². The van der Waals surface area contributed by atoms with Gasteiger partial charge >= 0.3 is 6.18 Å². The number of carbonyl (C=O) groups excluding carboxylic acids is 1. The van der Waals surface area contributed by atoms with Crippen LogP contribution in [0.2, 0.25) is 0 Å². The Bertz CT molecular complexity index is 987. The zero-order valence-electron chi connectivity index (χ0n) is 12.8. The summed E-state index contributed by atoms with van der Waals surface area (Å²) >= 11 is 0. The number of amides is 1. The van der Waals surface area contributed by atoms with Gasteiger partial charge < -0.3 is 10.3 Å². The number of imidazole rings is 1. The minimum atomic E-state index is -4.31. The van der Waals surface area contributed by atoms with Gasteiger partial charge in [-0.2, -0.15) is 18.4 Å². The van der Waals surface area contributed by atoms with E-state index in [0.717, 1.165) is 0 Å². The van der Waals surface area contributed by atoms with E-state index in [1.165, 1.54) is 0 Å². The van der Waals surface area contributed by atoms with E-state index in [1.807, 2.05) is 6.07 Å². The van der Waals surface area contributed by atoms with E-state index >= 15 is 0 Å². The number of nitrogens with zero attached hydrogens (tertiary/aromatic N) is 3. The highest BCUT2D eigenvalue weighted by atomic mass is 19.4. The number of H-pyrrole nitrogens is 1. The lowest BCUT2D eigenvalue weighted by Gasteiger charge is -2.06. The summed E-state index contributed by atoms with van der Waals surface area (Å²) in [4.78, 5) is 23.2. The van der Waals surface area contributed by atoms with Gasteiger partial charge in [0.15, 0.2) is 0 Å². The van der Waals surface area contributed by atoms with Crippen molar-refractivity contribution >= 4 is 27.8 Å². The van der Waals surface area contributed by atoms with Gasteiger partial charge in [-0.25, -0.2) is 4.98 Å². The third-order valence-corrected chi connectivity index (χ3v) is 3.55. The fourth-order valence-corrected chi connectivity index (χ4v) is 2.42. The second kappa shape index (κ2) is 6.39. The molecule has 0 saturated carbocycles. The number of pyridine rings is 1. The Morgan fingerprint density at radius 2 is 2.16 bits per heavy atom. The van der Waals surface area contributed by atoms with Gasteiger partial charge in [-0.1, -0.05) is 0 Å². The molecular formula is C16H12F3N5O. The van der Waals surface area contributed by atoms with Gasteiger partial charge in [0.1, 0.15) is 5.82 Å². The van der Waals surface area contributed by atoms with Crippen LogP contribution >= 0.6 is 0 Å². The van der Waals surface area contributed by atoms with Crippen molar-refractivity contribution in [2.75, 3.05) is 6.54 Å². The largest absolute Gasteiger partial charge is 0.390 e. The number of halogens is 3. The quantitative estimate of drug-likeness (QED) is 0.758. The first-order chi connectivity index (χ1) is 11.9. The fraction of sp³-hybridized carbons (Fsp3) is 0.250. The number of rotatable bonds is 4. The van der Waals surface area contributed by atoms with Crippen molar-refractivity contribution in [1.29, 1.82) is 5.26 Å². The molecule has 0 radical (unpaired) electrons. The molecule has 2 heterocycles. The molecule has 9 heteroatoms. The van der Waals surface area contributed by atoms with Crippen LogP contribution in [0, 0.1) is 11.3 Å². The molecular weight excluding hydrogens is 335 g/mol. The Kier molecular flexibility index (Phi) is 4.27. The first kappa shape index (κ1) is 16.7. The molecule has 6 nitrogen and oxygen atoms in total. The normalized spacial score (nSPS) is 11.6. The van der Waals surface area contributed by atoms with E-state index in [1.54, 1.807) is 24.4 Å². The first-order valence-electron chi connectivity index (χ1n) is 7.36. The molecule has 1 amide bonds. The van der Waals surface area contributed by atoms with E-state index < -0.39 is 25.0 Å². The van der Waals surface area contributed by atoms with Gasteiger partial charge in [0.25, 0.3) is 0 Å². The summed E-state index contributed by atoms with van der Waals surface area (Å²) in [6, 6.07) is 7.03. The average molecular weight is 347 g/mol. The zero-order chi connectivity index (χ0) is 18.0. The Morgan fingerprint density at radius 3 is 2.88 bits per heavy atom. The number of alkyl halides is 3. The molecule has 2 aromatic heterocycles. The van der Waals surface area contributed by atoms with Crippen LogP contribution in [0.5, 0.6) is 0 Å². The van der Waals surface area contributed by atoms with Gasteiger partial charge in [0.2, 0.25) is 5.91 Å². The lowest BCUT2D eigenvalue weighted by Crippen LogP contribution is -2.29. The maximum absolute atomic E-state index is 12.1. The summed E-state index contributed by atoms with van der Waals surface area (Å²) in [6.07, 6.45) is -4.01. The summed E-state index contributed by atoms with van der Waals surface area (Å²) in [5, 5.41) is 11.9. The summed E-state index contributed by atoms with van der Waals surface area (Å²) in [5.41, 5.74) is 2.25. The topological polar surface area (TPSA) is 94.5 Å². The van der Waals surface area contributed by atoms with Crippen LogP contribution in [0.4, 0.5) is 13.2 Å². The van der Waals surface area contributed by atoms with Crippen LogP contribution in [-0.4, -0.2) is 33.6 Å². The lowest BCUT2D eigenvalue weighted by atomic mass is 10.1. The van der Waals surface area contributed by atoms with E-state index in [9.17, 15) is 18.0 Å². The minimum Gasteiger partial charge on any atom is -0.355 e. The smallest absolute Gasteiger partial charge is 0.355 e. The summed E-state index contributed by atoms with van der Waals surface area (Å²) in [5.74, 6) is -0.241. The number of nitriles is 1. The van der Waals surface area contributed by atoms with Crippen LogP contribution in [0.25, 0.3) is 21.9 Å². The molecule has 0 unspecified atom stereocenters. The minimum absolute atomic E-state index is 0.175. The first-order valence-corrected chi connectivity index (χ1v) is 7.36. The van der Waals surface area contributed by atoms with Gasteiger partial charge in [-0.3, -0.25) is 9.78 Å². The maximum Gasteiger partial charge on any atom is 0.390 e. The van der Waals surface area contributed by atoms with Crippen molar-refractivity contribution in [2.45, 2.75) is 19.0 Å². The second-order valence-electron chi connectivity index (χ2n) is 5.44. The van der Waals surface area contributed by atoms with Gasteiger partial charge in [-0.05, 0) is 18.2 Å². The highest BCUT2D eigenvalue weighted by Gasteiger charge is 2.26. The Hall–Kier alpha value is -3.15. The molecule has 0 aliphatic heterocycles. The van der Waals surface area contributed by atoms with E-state index in [4.69, 9.17) is 5.26 Å². The van der Waals surface area contributed by atoms with Crippen molar-refractivity contribution in [1.82, 2.24) is 20.3 Å². The molecule has 0 spiro atoms. The van der Waals surface area contributed by atoms with E-state index in [2.05, 4.69) is 20.3 Å². The van der Waals surface area contributed by atoms with E-state index in [-0.39, 0.29) is 6.42 Å². The predicted octanol–water partition coefficient (Wildman–Crippen LogP) is 2.59. The van der Waals surface area contributed by atoms with Gasteiger partial charge in [0, 0.05) is 11.9 Å². The van der Waals surface area contributed by atoms with Crippen molar-refractivity contribution in [2.24, 2.45) is 0 Å². The number of aromatic nitrogens is 3. The van der Waals surface area contributed by atoms with Crippen molar-refractivity contribution in [3.63, 3.8) is 0 Å². The van der Waals surface area contributed by atoms with Gasteiger partial charge in [0.05, 0.1) is 47.2 Å². The highest BCUT2D eigenvalue weighted by molar-refractivity contribution is 6.02. The van der Waals surface area contributed by atoms with Crippen molar-refractivity contribution in [3.8, 4) is 6.07 Å². The number of nitrogens with one attached hydrogen (secondary N) is 2. The molecule has 3 aromatic rings. The van der Waals surface area contributed by atoms with Crippen LogP contribution in [0.15, 0.2) is 24.4 Å².